The van der Waals surface area contributed by atoms with Gasteiger partial charge in [0, 0.05) is 18.0 Å². The molecule has 2 N–H and O–H groups in total. The van der Waals surface area contributed by atoms with Gasteiger partial charge in [-0.1, -0.05) is 93.8 Å². The van der Waals surface area contributed by atoms with Gasteiger partial charge in [0.05, 0.1) is 4.88 Å². The molecule has 3 atom stereocenters. The van der Waals surface area contributed by atoms with Gasteiger partial charge in [0.25, 0.3) is 0 Å². The Labute approximate surface area is 246 Å². The van der Waals surface area contributed by atoms with E-state index in [-0.39, 0.29) is 29.6 Å². The van der Waals surface area contributed by atoms with E-state index in [0.717, 1.165) is 59.5 Å². The van der Waals surface area contributed by atoms with Gasteiger partial charge < -0.3 is 15.5 Å². The molecule has 0 unspecified atom stereocenters. The first kappa shape index (κ1) is 29.0. The van der Waals surface area contributed by atoms with E-state index in [1.54, 1.807) is 4.90 Å². The highest BCUT2D eigenvalue weighted by molar-refractivity contribution is 7.19. The van der Waals surface area contributed by atoms with E-state index in [9.17, 15) is 14.4 Å². The average molecular weight is 573 g/mol. The Balaban J connectivity index is 1.38. The van der Waals surface area contributed by atoms with Crippen LogP contribution in [0.5, 0.6) is 0 Å². The summed E-state index contributed by atoms with van der Waals surface area (Å²) in [7, 11) is 0. The van der Waals surface area contributed by atoms with Gasteiger partial charge in [-0.05, 0) is 43.6 Å². The zero-order valence-corrected chi connectivity index (χ0v) is 24.8. The number of aromatic nitrogens is 1. The molecule has 1 saturated carbocycles. The summed E-state index contributed by atoms with van der Waals surface area (Å²) in [4.78, 5) is 48.2. The van der Waals surface area contributed by atoms with Crippen LogP contribution < -0.4 is 10.6 Å². The number of hydrogen-bond acceptors (Lipinski definition) is 5. The average Bonchev–Trinajstić information content (AvgIpc) is 3.68. The number of nitrogens with zero attached hydrogens (tertiary/aromatic N) is 2. The third kappa shape index (κ3) is 6.70. The van der Waals surface area contributed by atoms with Crippen molar-refractivity contribution < 1.29 is 14.4 Å². The van der Waals surface area contributed by atoms with Crippen LogP contribution in [0.4, 0.5) is 5.82 Å². The number of anilines is 1. The number of nitrogens with one attached hydrogen (secondary N) is 2. The van der Waals surface area contributed by atoms with Crippen LogP contribution in [0.15, 0.2) is 60.7 Å². The Morgan fingerprint density at radius 2 is 1.59 bits per heavy atom. The summed E-state index contributed by atoms with van der Waals surface area (Å²) < 4.78 is 0. The zero-order chi connectivity index (χ0) is 28.8. The molecule has 2 aromatic carbocycles. The maximum Gasteiger partial charge on any atom is 0.248 e. The van der Waals surface area contributed by atoms with E-state index in [2.05, 4.69) is 10.6 Å². The summed E-state index contributed by atoms with van der Waals surface area (Å²) in [5.41, 5.74) is 1.96. The van der Waals surface area contributed by atoms with Gasteiger partial charge in [-0.25, -0.2) is 4.98 Å². The largest absolute Gasteiger partial charge is 0.344 e. The van der Waals surface area contributed by atoms with E-state index in [0.29, 0.717) is 25.2 Å². The van der Waals surface area contributed by atoms with E-state index in [1.807, 2.05) is 74.5 Å². The Bertz CT molecular complexity index is 1340. The highest BCUT2D eigenvalue weighted by Gasteiger charge is 2.41. The smallest absolute Gasteiger partial charge is 0.248 e. The van der Waals surface area contributed by atoms with Crippen LogP contribution in [0.3, 0.4) is 0 Å². The van der Waals surface area contributed by atoms with Gasteiger partial charge in [0.2, 0.25) is 17.7 Å². The fourth-order valence-corrected chi connectivity index (χ4v) is 6.94. The second-order valence-electron chi connectivity index (χ2n) is 11.3. The molecule has 7 nitrogen and oxygen atoms in total. The third-order valence-corrected chi connectivity index (χ3v) is 9.66. The molecular formula is C33H40N4O3S. The minimum atomic E-state index is -0.598. The van der Waals surface area contributed by atoms with Crippen LogP contribution in [-0.2, 0) is 14.4 Å². The molecule has 1 aromatic heterocycles. The topological polar surface area (TPSA) is 91.4 Å². The van der Waals surface area contributed by atoms with Crippen LogP contribution in [0, 0.1) is 11.8 Å². The molecule has 0 bridgehead atoms. The first-order valence-electron chi connectivity index (χ1n) is 15.0. The molecule has 0 radical (unpaired) electrons. The molecular weight excluding hydrogens is 532 g/mol. The summed E-state index contributed by atoms with van der Waals surface area (Å²) in [5, 5.41) is 7.02. The second-order valence-corrected chi connectivity index (χ2v) is 12.3. The van der Waals surface area contributed by atoms with Crippen molar-refractivity contribution in [2.45, 2.75) is 77.3 Å². The SMILES string of the molecule is CC[C@@H](C)C(=O)N[C@H](C(=O)N1CCC[C@H]1C(=O)Nc1nc(-c2ccccc2)sc1-c1ccccc1)C1CCCCC1. The van der Waals surface area contributed by atoms with Gasteiger partial charge in [0.15, 0.2) is 5.82 Å². The fourth-order valence-electron chi connectivity index (χ4n) is 5.91. The molecule has 1 aliphatic heterocycles. The summed E-state index contributed by atoms with van der Waals surface area (Å²) in [6.45, 7) is 4.39. The minimum absolute atomic E-state index is 0.0833. The van der Waals surface area contributed by atoms with Gasteiger partial charge in [-0.3, -0.25) is 14.4 Å². The highest BCUT2D eigenvalue weighted by atomic mass is 32.1. The molecule has 0 spiro atoms. The maximum absolute atomic E-state index is 14.1. The van der Waals surface area contributed by atoms with Crippen molar-refractivity contribution in [3.63, 3.8) is 0 Å². The summed E-state index contributed by atoms with van der Waals surface area (Å²) in [6, 6.07) is 18.7. The van der Waals surface area contributed by atoms with Crippen molar-refractivity contribution in [3.8, 4) is 21.0 Å². The van der Waals surface area contributed by atoms with Crippen molar-refractivity contribution in [2.24, 2.45) is 11.8 Å². The number of thiazole rings is 1. The zero-order valence-electron chi connectivity index (χ0n) is 24.0. The fraction of sp³-hybridized carbons (Fsp3) is 0.455. The van der Waals surface area contributed by atoms with Crippen LogP contribution in [0.1, 0.15) is 65.2 Å². The first-order chi connectivity index (χ1) is 20.0. The predicted octanol–water partition coefficient (Wildman–Crippen LogP) is 6.52. The lowest BCUT2D eigenvalue weighted by atomic mass is 9.83. The first-order valence-corrected chi connectivity index (χ1v) is 15.8. The molecule has 1 aliphatic carbocycles. The number of amides is 3. The lowest BCUT2D eigenvalue weighted by Gasteiger charge is -2.35. The van der Waals surface area contributed by atoms with Crippen molar-refractivity contribution >= 4 is 34.9 Å². The van der Waals surface area contributed by atoms with Crippen molar-refractivity contribution in [1.29, 1.82) is 0 Å². The van der Waals surface area contributed by atoms with Gasteiger partial charge >= 0.3 is 0 Å². The van der Waals surface area contributed by atoms with E-state index in [1.165, 1.54) is 11.3 Å². The third-order valence-electron chi connectivity index (χ3n) is 8.51. The van der Waals surface area contributed by atoms with E-state index >= 15 is 0 Å². The van der Waals surface area contributed by atoms with Gasteiger partial charge in [-0.15, -0.1) is 11.3 Å². The quantitative estimate of drug-likeness (QED) is 0.306. The Morgan fingerprint density at radius 1 is 0.927 bits per heavy atom. The molecule has 3 aromatic rings. The van der Waals surface area contributed by atoms with Crippen molar-refractivity contribution in [1.82, 2.24) is 15.2 Å². The van der Waals surface area contributed by atoms with E-state index in [4.69, 9.17) is 4.98 Å². The molecule has 216 valence electrons. The number of hydrogen-bond donors (Lipinski definition) is 2. The Morgan fingerprint density at radius 3 is 2.24 bits per heavy atom. The highest BCUT2D eigenvalue weighted by Crippen LogP contribution is 2.39. The maximum atomic E-state index is 14.1. The minimum Gasteiger partial charge on any atom is -0.344 e. The van der Waals surface area contributed by atoms with E-state index < -0.39 is 12.1 Å². The molecule has 2 aliphatic rings. The lowest BCUT2D eigenvalue weighted by molar-refractivity contribution is -0.142. The summed E-state index contributed by atoms with van der Waals surface area (Å²) in [6.07, 6.45) is 7.18. The Hall–Kier alpha value is -3.52. The molecule has 1 saturated heterocycles. The lowest BCUT2D eigenvalue weighted by Crippen LogP contribution is -2.56. The Kier molecular flexibility index (Phi) is 9.49. The summed E-state index contributed by atoms with van der Waals surface area (Å²) in [5.74, 6) is 0.0151. The molecule has 5 rings (SSSR count). The molecule has 8 heteroatoms. The molecule has 2 fully saturated rings. The monoisotopic (exact) mass is 572 g/mol. The van der Waals surface area contributed by atoms with Gasteiger partial charge in [-0.2, -0.15) is 0 Å². The van der Waals surface area contributed by atoms with Crippen molar-refractivity contribution in [3.05, 3.63) is 60.7 Å². The van der Waals surface area contributed by atoms with Gasteiger partial charge in [0.1, 0.15) is 17.1 Å². The normalized spacial score (nSPS) is 19.0. The molecule has 3 amide bonds. The number of rotatable bonds is 9. The van der Waals surface area contributed by atoms with Crippen LogP contribution >= 0.6 is 11.3 Å². The predicted molar refractivity (Wildman–Crippen MR) is 164 cm³/mol. The number of carbonyl (C=O) groups is 3. The number of likely N-dealkylation sites (tertiary alicyclic amines) is 1. The standard InChI is InChI=1S/C33H40N4O3S/c1-3-22(2)30(38)34-27(23-14-7-4-8-15-23)33(40)37-21-13-20-26(37)31(39)35-29-28(24-16-9-5-10-17-24)41-32(36-29)25-18-11-6-12-19-25/h5-6,9-12,16-19,22-23,26-27H,3-4,7-8,13-15,20-21H2,1-2H3,(H,34,38)(H,35,39)/t22-,26+,27+/m1/s1. The van der Waals surface area contributed by atoms with Crippen LogP contribution in [0.2, 0.25) is 0 Å². The van der Waals surface area contributed by atoms with Crippen LogP contribution in [0.25, 0.3) is 21.0 Å². The number of benzene rings is 2. The second kappa shape index (κ2) is 13.4. The van der Waals surface area contributed by atoms with Crippen molar-refractivity contribution in [2.75, 3.05) is 11.9 Å². The van der Waals surface area contributed by atoms with Crippen LogP contribution in [-0.4, -0.2) is 46.2 Å². The molecule has 2 heterocycles. The molecule has 41 heavy (non-hydrogen) atoms. The number of carbonyl (C=O) groups excluding carboxylic acids is 3. The summed E-state index contributed by atoms with van der Waals surface area (Å²) >= 11 is 1.54.